The molecule has 23 heavy (non-hydrogen) atoms. The molecule has 0 aliphatic rings. The Morgan fingerprint density at radius 2 is 1.52 bits per heavy atom. The first-order valence-corrected chi connectivity index (χ1v) is 8.86. The third kappa shape index (κ3) is 3.73. The average Bonchev–Trinajstić information content (AvgIpc) is 3.06. The van der Waals surface area contributed by atoms with E-state index < -0.39 is 9.84 Å². The maximum Gasteiger partial charge on any atom is 0.175 e. The first-order chi connectivity index (χ1) is 11.0. The average molecular weight is 325 g/mol. The molecule has 3 rings (SSSR count). The first-order valence-electron chi connectivity index (χ1n) is 6.97. The van der Waals surface area contributed by atoms with Crippen LogP contribution < -0.4 is 0 Å². The van der Waals surface area contributed by atoms with Crippen LogP contribution in [0.1, 0.15) is 11.3 Å². The van der Waals surface area contributed by atoms with Gasteiger partial charge in [0.15, 0.2) is 9.84 Å². The highest BCUT2D eigenvalue weighted by Gasteiger charge is 2.06. The lowest BCUT2D eigenvalue weighted by atomic mass is 10.0. The molecule has 0 atom stereocenters. The van der Waals surface area contributed by atoms with E-state index in [1.54, 1.807) is 18.3 Å². The van der Waals surface area contributed by atoms with Crippen LogP contribution in [0.5, 0.6) is 0 Å². The zero-order chi connectivity index (χ0) is 16.3. The second-order valence-corrected chi connectivity index (χ2v) is 7.16. The number of aromatic nitrogens is 3. The SMILES string of the molecule is CS(=O)(=O)c1ccc(-c2ccc(/C=C/c3cn[nH]n3)cc2)cc1. The van der Waals surface area contributed by atoms with Crippen LogP contribution in [0.2, 0.25) is 0 Å². The van der Waals surface area contributed by atoms with Crippen molar-refractivity contribution in [3.63, 3.8) is 0 Å². The molecular formula is C17H15N3O2S. The Balaban J connectivity index is 1.79. The Kier molecular flexibility index (Phi) is 4.08. The summed E-state index contributed by atoms with van der Waals surface area (Å²) < 4.78 is 23.0. The lowest BCUT2D eigenvalue weighted by molar-refractivity contribution is 0.602. The molecule has 0 aliphatic heterocycles. The van der Waals surface area contributed by atoms with Crippen LogP contribution in [0.4, 0.5) is 0 Å². The van der Waals surface area contributed by atoms with E-state index in [2.05, 4.69) is 15.4 Å². The first kappa shape index (κ1) is 15.2. The molecule has 116 valence electrons. The molecule has 5 nitrogen and oxygen atoms in total. The number of nitrogens with zero attached hydrogens (tertiary/aromatic N) is 2. The third-order valence-electron chi connectivity index (χ3n) is 3.41. The topological polar surface area (TPSA) is 75.7 Å². The van der Waals surface area contributed by atoms with Gasteiger partial charge in [0.1, 0.15) is 5.69 Å². The van der Waals surface area contributed by atoms with Crippen LogP contribution in [0.3, 0.4) is 0 Å². The number of hydrogen-bond acceptors (Lipinski definition) is 4. The summed E-state index contributed by atoms with van der Waals surface area (Å²) >= 11 is 0. The summed E-state index contributed by atoms with van der Waals surface area (Å²) in [6.45, 7) is 0. The standard InChI is InChI=1S/C17H15N3O2S/c1-23(21,22)17-10-7-15(8-11-17)14-5-2-13(3-6-14)4-9-16-12-18-20-19-16/h2-12H,1H3,(H,18,19,20)/b9-4+. The summed E-state index contributed by atoms with van der Waals surface area (Å²) in [5.41, 5.74) is 3.82. The van der Waals surface area contributed by atoms with Crippen molar-refractivity contribution < 1.29 is 8.42 Å². The minimum absolute atomic E-state index is 0.327. The fourth-order valence-corrected chi connectivity index (χ4v) is 2.78. The van der Waals surface area contributed by atoms with E-state index in [-0.39, 0.29) is 0 Å². The Hall–Kier alpha value is -2.73. The molecule has 6 heteroatoms. The van der Waals surface area contributed by atoms with Gasteiger partial charge in [-0.15, -0.1) is 0 Å². The van der Waals surface area contributed by atoms with Crippen LogP contribution in [-0.2, 0) is 9.84 Å². The number of H-pyrrole nitrogens is 1. The smallest absolute Gasteiger partial charge is 0.175 e. The Labute approximate surface area is 134 Å². The Bertz CT molecular complexity index is 911. The third-order valence-corrected chi connectivity index (χ3v) is 4.54. The van der Waals surface area contributed by atoms with E-state index in [9.17, 15) is 8.42 Å². The van der Waals surface area contributed by atoms with Gasteiger partial charge in [0, 0.05) is 6.26 Å². The molecular weight excluding hydrogens is 310 g/mol. The van der Waals surface area contributed by atoms with Gasteiger partial charge in [-0.3, -0.25) is 0 Å². The molecule has 0 amide bonds. The van der Waals surface area contributed by atoms with Gasteiger partial charge < -0.3 is 0 Å². The molecule has 1 aromatic heterocycles. The number of nitrogens with one attached hydrogen (secondary N) is 1. The Morgan fingerprint density at radius 1 is 0.913 bits per heavy atom. The van der Waals surface area contributed by atoms with Gasteiger partial charge in [-0.1, -0.05) is 42.5 Å². The largest absolute Gasteiger partial charge is 0.224 e. The van der Waals surface area contributed by atoms with Gasteiger partial charge in [0.25, 0.3) is 0 Å². The number of sulfone groups is 1. The van der Waals surface area contributed by atoms with E-state index in [4.69, 9.17) is 0 Å². The van der Waals surface area contributed by atoms with Crippen molar-refractivity contribution in [1.29, 1.82) is 0 Å². The van der Waals surface area contributed by atoms with E-state index in [0.717, 1.165) is 22.4 Å². The predicted octanol–water partition coefficient (Wildman–Crippen LogP) is 3.05. The van der Waals surface area contributed by atoms with E-state index in [0.29, 0.717) is 4.90 Å². The van der Waals surface area contributed by atoms with Crippen molar-refractivity contribution in [2.24, 2.45) is 0 Å². The predicted molar refractivity (Wildman–Crippen MR) is 90.3 cm³/mol. The fourth-order valence-electron chi connectivity index (χ4n) is 2.15. The molecule has 0 saturated carbocycles. The van der Waals surface area contributed by atoms with Crippen LogP contribution in [0.25, 0.3) is 23.3 Å². The van der Waals surface area contributed by atoms with Gasteiger partial charge in [0.05, 0.1) is 11.1 Å². The summed E-state index contributed by atoms with van der Waals surface area (Å²) in [4.78, 5) is 0.327. The van der Waals surface area contributed by atoms with Crippen LogP contribution in [-0.4, -0.2) is 30.1 Å². The molecule has 0 saturated heterocycles. The molecule has 0 fully saturated rings. The van der Waals surface area contributed by atoms with Crippen molar-refractivity contribution >= 4 is 22.0 Å². The molecule has 0 spiro atoms. The molecule has 1 heterocycles. The normalized spacial score (nSPS) is 11.9. The van der Waals surface area contributed by atoms with Gasteiger partial charge in [0.2, 0.25) is 0 Å². The van der Waals surface area contributed by atoms with Gasteiger partial charge in [-0.05, 0) is 34.9 Å². The zero-order valence-corrected chi connectivity index (χ0v) is 13.3. The van der Waals surface area contributed by atoms with Crippen molar-refractivity contribution in [2.75, 3.05) is 6.26 Å². The lowest BCUT2D eigenvalue weighted by Gasteiger charge is -2.04. The number of aromatic amines is 1. The van der Waals surface area contributed by atoms with E-state index >= 15 is 0 Å². The van der Waals surface area contributed by atoms with Crippen LogP contribution >= 0.6 is 0 Å². The number of hydrogen-bond donors (Lipinski definition) is 1. The molecule has 0 radical (unpaired) electrons. The molecule has 0 aliphatic carbocycles. The second kappa shape index (κ2) is 6.18. The van der Waals surface area contributed by atoms with Gasteiger partial charge >= 0.3 is 0 Å². The second-order valence-electron chi connectivity index (χ2n) is 5.15. The van der Waals surface area contributed by atoms with Crippen molar-refractivity contribution in [1.82, 2.24) is 15.4 Å². The van der Waals surface area contributed by atoms with Crippen molar-refractivity contribution in [2.45, 2.75) is 4.90 Å². The highest BCUT2D eigenvalue weighted by molar-refractivity contribution is 7.90. The number of rotatable bonds is 4. The zero-order valence-electron chi connectivity index (χ0n) is 12.5. The Morgan fingerprint density at radius 3 is 2.04 bits per heavy atom. The quantitative estimate of drug-likeness (QED) is 0.800. The fraction of sp³-hybridized carbons (Fsp3) is 0.0588. The van der Waals surface area contributed by atoms with Crippen LogP contribution in [0.15, 0.2) is 59.6 Å². The highest BCUT2D eigenvalue weighted by atomic mass is 32.2. The molecule has 3 aromatic rings. The van der Waals surface area contributed by atoms with E-state index in [1.807, 2.05) is 48.6 Å². The summed E-state index contributed by atoms with van der Waals surface area (Å²) in [7, 11) is -3.16. The van der Waals surface area contributed by atoms with Crippen molar-refractivity contribution in [3.8, 4) is 11.1 Å². The minimum atomic E-state index is -3.16. The van der Waals surface area contributed by atoms with Gasteiger partial charge in [-0.25, -0.2) is 8.42 Å². The number of benzene rings is 2. The molecule has 0 unspecified atom stereocenters. The molecule has 1 N–H and O–H groups in total. The maximum absolute atomic E-state index is 11.5. The van der Waals surface area contributed by atoms with Crippen molar-refractivity contribution in [3.05, 3.63) is 66.0 Å². The summed E-state index contributed by atoms with van der Waals surface area (Å²) in [5, 5.41) is 10.3. The van der Waals surface area contributed by atoms with E-state index in [1.165, 1.54) is 6.26 Å². The van der Waals surface area contributed by atoms with Crippen LogP contribution in [0, 0.1) is 0 Å². The summed E-state index contributed by atoms with van der Waals surface area (Å²) in [5.74, 6) is 0. The maximum atomic E-state index is 11.5. The van der Waals surface area contributed by atoms with Gasteiger partial charge in [-0.2, -0.15) is 15.4 Å². The summed E-state index contributed by atoms with van der Waals surface area (Å²) in [6.07, 6.45) is 6.68. The summed E-state index contributed by atoms with van der Waals surface area (Å²) in [6, 6.07) is 14.9. The molecule has 0 bridgehead atoms. The monoisotopic (exact) mass is 325 g/mol. The minimum Gasteiger partial charge on any atom is -0.224 e. The molecule has 2 aromatic carbocycles. The highest BCUT2D eigenvalue weighted by Crippen LogP contribution is 2.22. The lowest BCUT2D eigenvalue weighted by Crippen LogP contribution is -1.96.